The second kappa shape index (κ2) is 12.9. The van der Waals surface area contributed by atoms with Crippen molar-refractivity contribution in [3.63, 3.8) is 0 Å². The van der Waals surface area contributed by atoms with Gasteiger partial charge in [0.1, 0.15) is 18.1 Å². The van der Waals surface area contributed by atoms with Gasteiger partial charge in [0.15, 0.2) is 17.3 Å². The Morgan fingerprint density at radius 1 is 1.05 bits per heavy atom. The molecule has 0 radical (unpaired) electrons. The van der Waals surface area contributed by atoms with Gasteiger partial charge >= 0.3 is 7.60 Å². The number of para-hydroxylation sites is 1. The van der Waals surface area contributed by atoms with E-state index in [0.29, 0.717) is 45.7 Å². The SMILES string of the molecule is COc1cc(CC(=O)Nc2nn(-c3ccccc3)cc2/C=C/P(=O)(O)O)ccc1OCc1nc(-c2ccccc2)oc1C. The van der Waals surface area contributed by atoms with Crippen LogP contribution in [-0.4, -0.2) is 37.6 Å². The van der Waals surface area contributed by atoms with E-state index in [1.807, 2.05) is 67.6 Å². The van der Waals surface area contributed by atoms with E-state index >= 15 is 0 Å². The highest BCUT2D eigenvalue weighted by Gasteiger charge is 2.17. The average molecular weight is 601 g/mol. The first-order valence-corrected chi connectivity index (χ1v) is 14.9. The molecule has 2 heterocycles. The normalized spacial score (nSPS) is 11.5. The summed E-state index contributed by atoms with van der Waals surface area (Å²) in [5.74, 6) is 2.61. The molecule has 0 saturated carbocycles. The van der Waals surface area contributed by atoms with Crippen LogP contribution in [0.2, 0.25) is 0 Å². The number of aryl methyl sites for hydroxylation is 1. The number of methoxy groups -OCH3 is 1. The summed E-state index contributed by atoms with van der Waals surface area (Å²) in [7, 11) is -2.91. The minimum Gasteiger partial charge on any atom is -0.493 e. The third kappa shape index (κ3) is 7.66. The Balaban J connectivity index is 1.28. The largest absolute Gasteiger partial charge is 0.493 e. The molecule has 0 aliphatic carbocycles. The molecular weight excluding hydrogens is 571 g/mol. The lowest BCUT2D eigenvalue weighted by atomic mass is 10.1. The summed E-state index contributed by atoms with van der Waals surface area (Å²) in [6.07, 6.45) is 2.79. The number of carbonyl (C=O) groups excluding carboxylic acids is 1. The van der Waals surface area contributed by atoms with Crippen LogP contribution in [0.25, 0.3) is 23.2 Å². The molecule has 5 rings (SSSR count). The van der Waals surface area contributed by atoms with Gasteiger partial charge in [-0.2, -0.15) is 0 Å². The molecule has 0 aliphatic rings. The van der Waals surface area contributed by atoms with Crippen LogP contribution in [0.3, 0.4) is 0 Å². The fraction of sp³-hybridized carbons (Fsp3) is 0.129. The molecule has 0 fully saturated rings. The molecule has 43 heavy (non-hydrogen) atoms. The van der Waals surface area contributed by atoms with Crippen molar-refractivity contribution in [1.82, 2.24) is 14.8 Å². The molecule has 3 aromatic carbocycles. The smallest absolute Gasteiger partial charge is 0.349 e. The second-order valence-electron chi connectivity index (χ2n) is 9.50. The van der Waals surface area contributed by atoms with Gasteiger partial charge < -0.3 is 29.0 Å². The van der Waals surface area contributed by atoms with Gasteiger partial charge in [-0.25, -0.2) is 9.67 Å². The maximum absolute atomic E-state index is 13.0. The maximum atomic E-state index is 13.0. The van der Waals surface area contributed by atoms with Gasteiger partial charge in [-0.1, -0.05) is 42.5 Å². The van der Waals surface area contributed by atoms with Crippen LogP contribution in [0.5, 0.6) is 11.5 Å². The lowest BCUT2D eigenvalue weighted by Gasteiger charge is -2.12. The van der Waals surface area contributed by atoms with Crippen LogP contribution in [-0.2, 0) is 22.4 Å². The Kier molecular flexibility index (Phi) is 8.87. The van der Waals surface area contributed by atoms with E-state index in [1.165, 1.54) is 17.9 Å². The van der Waals surface area contributed by atoms with Crippen molar-refractivity contribution in [2.75, 3.05) is 12.4 Å². The van der Waals surface area contributed by atoms with Gasteiger partial charge in [0.25, 0.3) is 0 Å². The summed E-state index contributed by atoms with van der Waals surface area (Å²) in [5.41, 5.74) is 3.23. The standard InChI is InChI=1S/C31H29N4O7P/c1-21-26(32-31(42-21)23-9-5-3-6-10-23)20-41-27-14-13-22(17-28(27)40-2)18-29(36)33-30-24(15-16-43(37,38)39)19-35(34-30)25-11-7-4-8-12-25/h3-17,19H,18,20H2,1-2H3,(H,33,34,36)(H2,37,38,39)/b16-15+. The number of hydrogen-bond acceptors (Lipinski definition) is 7. The summed E-state index contributed by atoms with van der Waals surface area (Å²) in [6.45, 7) is 1.99. The predicted molar refractivity (Wildman–Crippen MR) is 161 cm³/mol. The third-order valence-corrected chi connectivity index (χ3v) is 6.88. The van der Waals surface area contributed by atoms with E-state index in [0.717, 1.165) is 11.4 Å². The Labute approximate surface area is 247 Å². The molecule has 3 N–H and O–H groups in total. The molecule has 2 aromatic heterocycles. The van der Waals surface area contributed by atoms with Crippen LogP contribution in [0.1, 0.15) is 22.6 Å². The number of carbonyl (C=O) groups is 1. The van der Waals surface area contributed by atoms with Crippen LogP contribution < -0.4 is 14.8 Å². The van der Waals surface area contributed by atoms with Crippen molar-refractivity contribution in [3.05, 3.63) is 113 Å². The number of nitrogens with zero attached hydrogens (tertiary/aromatic N) is 3. The maximum Gasteiger partial charge on any atom is 0.349 e. The van der Waals surface area contributed by atoms with Gasteiger partial charge in [-0.15, -0.1) is 5.10 Å². The van der Waals surface area contributed by atoms with Crippen molar-refractivity contribution in [2.45, 2.75) is 20.0 Å². The lowest BCUT2D eigenvalue weighted by molar-refractivity contribution is -0.115. The van der Waals surface area contributed by atoms with Crippen LogP contribution in [0, 0.1) is 6.92 Å². The lowest BCUT2D eigenvalue weighted by Crippen LogP contribution is -2.15. The fourth-order valence-electron chi connectivity index (χ4n) is 4.21. The van der Waals surface area contributed by atoms with Gasteiger partial charge in [0.2, 0.25) is 11.8 Å². The number of aromatic nitrogens is 3. The van der Waals surface area contributed by atoms with Gasteiger partial charge in [0, 0.05) is 23.1 Å². The third-order valence-electron chi connectivity index (χ3n) is 6.34. The summed E-state index contributed by atoms with van der Waals surface area (Å²) < 4.78 is 30.2. The second-order valence-corrected chi connectivity index (χ2v) is 11.0. The van der Waals surface area contributed by atoms with E-state index in [1.54, 1.807) is 24.4 Å². The van der Waals surface area contributed by atoms with Crippen molar-refractivity contribution in [1.29, 1.82) is 0 Å². The zero-order valence-corrected chi connectivity index (χ0v) is 24.3. The van der Waals surface area contributed by atoms with Gasteiger partial charge in [-0.05, 0) is 55.0 Å². The first-order valence-electron chi connectivity index (χ1n) is 13.2. The van der Waals surface area contributed by atoms with Crippen molar-refractivity contribution < 1.29 is 33.0 Å². The molecular formula is C31H29N4O7P. The first kappa shape index (κ1) is 29.5. The number of ether oxygens (including phenoxy) is 2. The Hall–Kier alpha value is -4.96. The topological polar surface area (TPSA) is 149 Å². The quantitative estimate of drug-likeness (QED) is 0.161. The van der Waals surface area contributed by atoms with E-state index < -0.39 is 7.60 Å². The summed E-state index contributed by atoms with van der Waals surface area (Å²) >= 11 is 0. The Morgan fingerprint density at radius 2 is 1.77 bits per heavy atom. The van der Waals surface area contributed by atoms with Crippen LogP contribution in [0.15, 0.2) is 95.3 Å². The highest BCUT2D eigenvalue weighted by Crippen LogP contribution is 2.37. The summed E-state index contributed by atoms with van der Waals surface area (Å²) in [4.78, 5) is 36.1. The number of oxazole rings is 1. The Morgan fingerprint density at radius 3 is 2.47 bits per heavy atom. The molecule has 0 spiro atoms. The van der Waals surface area contributed by atoms with Gasteiger partial charge in [0.05, 0.1) is 19.2 Å². The average Bonchev–Trinajstić information content (AvgIpc) is 3.58. The molecule has 0 saturated heterocycles. The molecule has 0 aliphatic heterocycles. The zero-order chi connectivity index (χ0) is 30.4. The van der Waals surface area contributed by atoms with Crippen LogP contribution >= 0.6 is 7.60 Å². The highest BCUT2D eigenvalue weighted by atomic mass is 31.2. The minimum absolute atomic E-state index is 0.0146. The molecule has 0 unspecified atom stereocenters. The number of rotatable bonds is 11. The number of nitrogens with one attached hydrogen (secondary N) is 1. The van der Waals surface area contributed by atoms with Crippen molar-refractivity contribution >= 4 is 25.4 Å². The molecule has 12 heteroatoms. The zero-order valence-electron chi connectivity index (χ0n) is 23.4. The molecule has 0 bridgehead atoms. The monoisotopic (exact) mass is 600 g/mol. The molecule has 5 aromatic rings. The Bertz CT molecular complexity index is 1790. The number of anilines is 1. The fourth-order valence-corrected chi connectivity index (χ4v) is 4.57. The molecule has 220 valence electrons. The summed E-state index contributed by atoms with van der Waals surface area (Å²) in [5, 5.41) is 7.15. The van der Waals surface area contributed by atoms with E-state index in [-0.39, 0.29) is 24.8 Å². The summed E-state index contributed by atoms with van der Waals surface area (Å²) in [6, 6.07) is 23.9. The van der Waals surface area contributed by atoms with Crippen molar-refractivity contribution in [3.8, 4) is 28.6 Å². The molecule has 11 nitrogen and oxygen atoms in total. The van der Waals surface area contributed by atoms with E-state index in [9.17, 15) is 19.1 Å². The van der Waals surface area contributed by atoms with E-state index in [4.69, 9.17) is 13.9 Å². The highest BCUT2D eigenvalue weighted by molar-refractivity contribution is 7.55. The van der Waals surface area contributed by atoms with Crippen molar-refractivity contribution in [2.24, 2.45) is 0 Å². The van der Waals surface area contributed by atoms with Gasteiger partial charge in [-0.3, -0.25) is 9.36 Å². The van der Waals surface area contributed by atoms with E-state index in [2.05, 4.69) is 15.4 Å². The van der Waals surface area contributed by atoms with Crippen LogP contribution in [0.4, 0.5) is 5.82 Å². The number of amides is 1. The number of benzene rings is 3. The first-order chi connectivity index (χ1) is 20.7. The molecule has 1 amide bonds. The predicted octanol–water partition coefficient (Wildman–Crippen LogP) is 5.75. The number of hydrogen-bond donors (Lipinski definition) is 3. The minimum atomic E-state index is -4.42. The molecule has 0 atom stereocenters.